The largest absolute Gasteiger partial charge is 0.325 e. The van der Waals surface area contributed by atoms with Crippen LogP contribution in [-0.2, 0) is 13.1 Å². The fraction of sp³-hybridized carbons (Fsp3) is 0.231. The Morgan fingerprint density at radius 2 is 2.20 bits per heavy atom. The molecular weight excluding hydrogens is 286 g/mol. The maximum Gasteiger partial charge on any atom is 0.280 e. The number of rotatable bonds is 2. The Labute approximate surface area is 118 Å². The zero-order valence-corrected chi connectivity index (χ0v) is 11.1. The highest BCUT2D eigenvalue weighted by molar-refractivity contribution is 6.31. The molecule has 2 heterocycles. The fourth-order valence-corrected chi connectivity index (χ4v) is 2.49. The third-order valence-electron chi connectivity index (χ3n) is 3.19. The third kappa shape index (κ3) is 2.01. The van der Waals surface area contributed by atoms with Gasteiger partial charge in [0, 0.05) is 17.1 Å². The molecule has 1 aliphatic rings. The summed E-state index contributed by atoms with van der Waals surface area (Å²) in [4.78, 5) is 8.18. The first kappa shape index (κ1) is 13.2. The molecule has 0 unspecified atom stereocenters. The molecule has 1 aromatic carbocycles. The molecule has 1 aromatic heterocycles. The van der Waals surface area contributed by atoms with Crippen molar-refractivity contribution in [2.45, 2.75) is 19.5 Å². The van der Waals surface area contributed by atoms with E-state index in [4.69, 9.17) is 17.3 Å². The van der Waals surface area contributed by atoms with Crippen molar-refractivity contribution in [3.05, 3.63) is 46.5 Å². The van der Waals surface area contributed by atoms with Gasteiger partial charge in [-0.1, -0.05) is 11.6 Å². The van der Waals surface area contributed by atoms with E-state index in [0.29, 0.717) is 22.1 Å². The molecule has 0 amide bonds. The average Bonchev–Trinajstić information content (AvgIpc) is 2.75. The Hall–Kier alpha value is -1.79. The normalized spacial score (nSPS) is 13.8. The molecule has 4 nitrogen and oxygen atoms in total. The minimum Gasteiger partial charge on any atom is -0.325 e. The molecule has 0 aliphatic carbocycles. The second kappa shape index (κ2) is 4.96. The Balaban J connectivity index is 2.30. The van der Waals surface area contributed by atoms with Crippen LogP contribution in [0.1, 0.15) is 17.1 Å². The van der Waals surface area contributed by atoms with E-state index in [1.54, 1.807) is 22.9 Å². The highest BCUT2D eigenvalue weighted by Gasteiger charge is 2.25. The van der Waals surface area contributed by atoms with Crippen molar-refractivity contribution in [3.63, 3.8) is 0 Å². The van der Waals surface area contributed by atoms with Crippen LogP contribution >= 0.6 is 11.6 Å². The van der Waals surface area contributed by atoms with Gasteiger partial charge in [0.25, 0.3) is 6.43 Å². The van der Waals surface area contributed by atoms with Crippen molar-refractivity contribution in [3.8, 4) is 5.69 Å². The maximum absolute atomic E-state index is 13.2. The number of halogens is 3. The van der Waals surface area contributed by atoms with Gasteiger partial charge in [-0.25, -0.2) is 13.8 Å². The lowest BCUT2D eigenvalue weighted by atomic mass is 10.1. The monoisotopic (exact) mass is 296 g/mol. The van der Waals surface area contributed by atoms with E-state index >= 15 is 0 Å². The number of aromatic nitrogens is 2. The summed E-state index contributed by atoms with van der Waals surface area (Å²) in [7, 11) is 0. The van der Waals surface area contributed by atoms with Crippen LogP contribution in [0, 0.1) is 0 Å². The molecule has 0 saturated heterocycles. The fourth-order valence-electron chi connectivity index (χ4n) is 2.32. The van der Waals surface area contributed by atoms with Crippen molar-refractivity contribution in [2.24, 2.45) is 10.7 Å². The van der Waals surface area contributed by atoms with E-state index in [1.165, 1.54) is 6.07 Å². The molecule has 0 saturated carbocycles. The van der Waals surface area contributed by atoms with Gasteiger partial charge < -0.3 is 5.73 Å². The summed E-state index contributed by atoms with van der Waals surface area (Å²) < 4.78 is 28.2. The van der Waals surface area contributed by atoms with Crippen LogP contribution in [-0.4, -0.2) is 21.7 Å². The number of nitrogens with two attached hydrogens (primary N) is 1. The van der Waals surface area contributed by atoms with E-state index in [0.717, 1.165) is 5.69 Å². The lowest BCUT2D eigenvalue weighted by molar-refractivity contribution is 0.226. The summed E-state index contributed by atoms with van der Waals surface area (Å²) in [5.74, 6) is 0.588. The van der Waals surface area contributed by atoms with Crippen LogP contribution in [0.15, 0.2) is 29.4 Å². The van der Waals surface area contributed by atoms with Crippen molar-refractivity contribution in [1.82, 2.24) is 9.55 Å². The number of benzene rings is 1. The number of fused-ring (bicyclic) bond motifs is 3. The Morgan fingerprint density at radius 1 is 1.40 bits per heavy atom. The Bertz CT molecular complexity index is 694. The van der Waals surface area contributed by atoms with Crippen molar-refractivity contribution < 1.29 is 8.78 Å². The molecule has 2 N–H and O–H groups in total. The number of alkyl halides is 2. The number of hydrogen-bond donors (Lipinski definition) is 1. The molecule has 0 radical (unpaired) electrons. The van der Waals surface area contributed by atoms with Gasteiger partial charge in [-0.2, -0.15) is 0 Å². The van der Waals surface area contributed by atoms with Crippen molar-refractivity contribution in [1.29, 1.82) is 0 Å². The standard InChI is InChI=1S/C13H11ClF2N4/c14-7-1-2-10-9(3-7)12(13(15)16)19-6-11-18-5-8(4-17)20(10)11/h1-3,5,13H,4,6,17H2. The van der Waals surface area contributed by atoms with Crippen LogP contribution < -0.4 is 5.73 Å². The van der Waals surface area contributed by atoms with Crippen LogP contribution in [0.3, 0.4) is 0 Å². The van der Waals surface area contributed by atoms with Crippen molar-refractivity contribution >= 4 is 17.3 Å². The lowest BCUT2D eigenvalue weighted by Crippen LogP contribution is -2.15. The van der Waals surface area contributed by atoms with Gasteiger partial charge in [0.2, 0.25) is 0 Å². The summed E-state index contributed by atoms with van der Waals surface area (Å²) in [6, 6.07) is 4.83. The number of hydrogen-bond acceptors (Lipinski definition) is 3. The summed E-state index contributed by atoms with van der Waals surface area (Å²) in [6.07, 6.45) is -1.03. The number of imidazole rings is 1. The van der Waals surface area contributed by atoms with Gasteiger partial charge in [-0.05, 0) is 18.2 Å². The average molecular weight is 297 g/mol. The number of aliphatic imine (C=N–C) groups is 1. The van der Waals surface area contributed by atoms with Crippen LogP contribution in [0.25, 0.3) is 5.69 Å². The van der Waals surface area contributed by atoms with Gasteiger partial charge in [0.15, 0.2) is 0 Å². The predicted molar refractivity (Wildman–Crippen MR) is 72.7 cm³/mol. The molecule has 0 bridgehead atoms. The topological polar surface area (TPSA) is 56.2 Å². The molecule has 104 valence electrons. The van der Waals surface area contributed by atoms with E-state index in [1.807, 2.05) is 0 Å². The summed E-state index contributed by atoms with van der Waals surface area (Å²) in [5, 5.41) is 0.384. The first-order valence-corrected chi connectivity index (χ1v) is 6.38. The smallest absolute Gasteiger partial charge is 0.280 e. The number of nitrogens with zero attached hydrogens (tertiary/aromatic N) is 3. The first-order valence-electron chi connectivity index (χ1n) is 6.00. The predicted octanol–water partition coefficient (Wildman–Crippen LogP) is 2.55. The minimum atomic E-state index is -2.67. The maximum atomic E-state index is 13.2. The summed E-state index contributed by atoms with van der Waals surface area (Å²) in [6.45, 7) is 0.352. The molecule has 20 heavy (non-hydrogen) atoms. The first-order chi connectivity index (χ1) is 9.61. The molecule has 3 rings (SSSR count). The second-order valence-corrected chi connectivity index (χ2v) is 4.81. The van der Waals surface area contributed by atoms with Crippen molar-refractivity contribution in [2.75, 3.05) is 0 Å². The summed E-state index contributed by atoms with van der Waals surface area (Å²) in [5.41, 5.74) is 7.06. The quantitative estimate of drug-likeness (QED) is 0.926. The van der Waals surface area contributed by atoms with E-state index < -0.39 is 6.43 Å². The molecule has 0 spiro atoms. The zero-order valence-electron chi connectivity index (χ0n) is 10.4. The molecule has 2 aromatic rings. The molecule has 0 atom stereocenters. The van der Waals surface area contributed by atoms with Crippen LogP contribution in [0.4, 0.5) is 8.78 Å². The third-order valence-corrected chi connectivity index (χ3v) is 3.43. The minimum absolute atomic E-state index is 0.0893. The zero-order chi connectivity index (χ0) is 14.3. The van der Waals surface area contributed by atoms with Gasteiger partial charge in [0.05, 0.1) is 24.1 Å². The van der Waals surface area contributed by atoms with Crippen LogP contribution in [0.5, 0.6) is 0 Å². The SMILES string of the molecule is NCc1cnc2n1-c1ccc(Cl)cc1C(C(F)F)=NC2. The van der Waals surface area contributed by atoms with E-state index in [-0.39, 0.29) is 18.8 Å². The highest BCUT2D eigenvalue weighted by atomic mass is 35.5. The lowest BCUT2D eigenvalue weighted by Gasteiger charge is -2.13. The van der Waals surface area contributed by atoms with Gasteiger partial charge in [-0.15, -0.1) is 0 Å². The molecule has 7 heteroatoms. The van der Waals surface area contributed by atoms with Gasteiger partial charge >= 0.3 is 0 Å². The second-order valence-electron chi connectivity index (χ2n) is 4.37. The Kier molecular flexibility index (Phi) is 3.27. The summed E-state index contributed by atoms with van der Waals surface area (Å²) >= 11 is 5.93. The molecule has 0 fully saturated rings. The van der Waals surface area contributed by atoms with Gasteiger partial charge in [-0.3, -0.25) is 9.56 Å². The van der Waals surface area contributed by atoms with E-state index in [2.05, 4.69) is 9.98 Å². The van der Waals surface area contributed by atoms with Crippen LogP contribution in [0.2, 0.25) is 5.02 Å². The molecule has 1 aliphatic heterocycles. The highest BCUT2D eigenvalue weighted by Crippen LogP contribution is 2.28. The Morgan fingerprint density at radius 3 is 2.90 bits per heavy atom. The van der Waals surface area contributed by atoms with Gasteiger partial charge in [0.1, 0.15) is 11.5 Å². The van der Waals surface area contributed by atoms with E-state index in [9.17, 15) is 8.78 Å². The molecular formula is C13H11ClF2N4.